The van der Waals surface area contributed by atoms with Crippen LogP contribution < -0.4 is 5.32 Å². The van der Waals surface area contributed by atoms with Crippen LogP contribution in [0.2, 0.25) is 0 Å². The number of anilines is 1. The van der Waals surface area contributed by atoms with Crippen molar-refractivity contribution in [2.75, 3.05) is 12.4 Å². The number of aryl methyl sites for hydroxylation is 1. The fraction of sp³-hybridized carbons (Fsp3) is 0.250. The minimum Gasteiger partial charge on any atom is -0.507 e. The van der Waals surface area contributed by atoms with Gasteiger partial charge in [0.2, 0.25) is 0 Å². The third-order valence-corrected chi connectivity index (χ3v) is 4.93. The molecular formula is C16H17N3OS. The molecular weight excluding hydrogens is 284 g/mol. The lowest BCUT2D eigenvalue weighted by molar-refractivity contribution is 0.467. The number of fused-ring (bicyclic) bond motifs is 1. The third kappa shape index (κ3) is 2.34. The first-order chi connectivity index (χ1) is 10.1. The molecule has 3 rings (SSSR count). The Morgan fingerprint density at radius 1 is 1.33 bits per heavy atom. The van der Waals surface area contributed by atoms with Crippen LogP contribution in [-0.4, -0.2) is 22.1 Å². The number of hydrogen-bond acceptors (Lipinski definition) is 5. The number of nitrogens with one attached hydrogen (secondary N) is 1. The van der Waals surface area contributed by atoms with Crippen molar-refractivity contribution in [3.05, 3.63) is 46.8 Å². The van der Waals surface area contributed by atoms with E-state index in [1.807, 2.05) is 39.2 Å². The summed E-state index contributed by atoms with van der Waals surface area (Å²) in [7, 11) is 1.86. The highest BCUT2D eigenvalue weighted by Crippen LogP contribution is 2.39. The van der Waals surface area contributed by atoms with Gasteiger partial charge in [-0.25, -0.2) is 4.98 Å². The normalized spacial score (nSPS) is 11.0. The van der Waals surface area contributed by atoms with E-state index in [1.165, 1.54) is 0 Å². The van der Waals surface area contributed by atoms with Crippen LogP contribution in [0, 0.1) is 13.8 Å². The molecule has 0 fully saturated rings. The molecule has 0 atom stereocenters. The monoisotopic (exact) mass is 301 g/mol. The highest BCUT2D eigenvalue weighted by atomic mass is 32.1. The minimum atomic E-state index is 0.368. The van der Waals surface area contributed by atoms with Gasteiger partial charge in [0, 0.05) is 31.4 Å². The molecule has 21 heavy (non-hydrogen) atoms. The second-order valence-electron chi connectivity index (χ2n) is 5.06. The first-order valence-electron chi connectivity index (χ1n) is 6.80. The molecule has 0 aliphatic heterocycles. The summed E-state index contributed by atoms with van der Waals surface area (Å²) in [6.07, 6.45) is 4.34. The molecule has 108 valence electrons. The number of phenols is 1. The molecule has 0 spiro atoms. The molecule has 4 nitrogen and oxygen atoms in total. The summed E-state index contributed by atoms with van der Waals surface area (Å²) in [5.74, 6) is 0.368. The Labute approximate surface area is 127 Å². The van der Waals surface area contributed by atoms with Crippen molar-refractivity contribution in [3.8, 4) is 5.75 Å². The van der Waals surface area contributed by atoms with Gasteiger partial charge in [-0.05, 0) is 36.6 Å². The summed E-state index contributed by atoms with van der Waals surface area (Å²) in [4.78, 5) is 8.83. The highest BCUT2D eigenvalue weighted by molar-refractivity contribution is 7.22. The fourth-order valence-electron chi connectivity index (χ4n) is 2.52. The average Bonchev–Trinajstić information content (AvgIpc) is 2.95. The van der Waals surface area contributed by atoms with E-state index < -0.39 is 0 Å². The summed E-state index contributed by atoms with van der Waals surface area (Å²) in [5.41, 5.74) is 4.96. The van der Waals surface area contributed by atoms with E-state index in [0.29, 0.717) is 5.75 Å². The summed E-state index contributed by atoms with van der Waals surface area (Å²) in [6, 6.07) is 3.97. The molecule has 5 heteroatoms. The Kier molecular flexibility index (Phi) is 3.51. The Morgan fingerprint density at radius 2 is 2.14 bits per heavy atom. The molecule has 1 aromatic carbocycles. The molecule has 2 heterocycles. The van der Waals surface area contributed by atoms with E-state index in [9.17, 15) is 5.11 Å². The van der Waals surface area contributed by atoms with Crippen molar-refractivity contribution < 1.29 is 5.11 Å². The lowest BCUT2D eigenvalue weighted by Crippen LogP contribution is -1.97. The molecule has 2 aromatic heterocycles. The zero-order chi connectivity index (χ0) is 15.0. The van der Waals surface area contributed by atoms with Crippen molar-refractivity contribution in [2.24, 2.45) is 0 Å². The summed E-state index contributed by atoms with van der Waals surface area (Å²) in [5, 5.41) is 14.3. The lowest BCUT2D eigenvalue weighted by atomic mass is 9.97. The Hall–Kier alpha value is -2.14. The molecule has 0 amide bonds. The van der Waals surface area contributed by atoms with Gasteiger partial charge in [-0.1, -0.05) is 17.4 Å². The quantitative estimate of drug-likeness (QED) is 0.775. The molecule has 3 aromatic rings. The van der Waals surface area contributed by atoms with Gasteiger partial charge in [0.1, 0.15) is 5.75 Å². The van der Waals surface area contributed by atoms with Crippen LogP contribution in [-0.2, 0) is 6.42 Å². The van der Waals surface area contributed by atoms with Gasteiger partial charge in [-0.15, -0.1) is 0 Å². The summed E-state index contributed by atoms with van der Waals surface area (Å²) in [6.45, 7) is 3.89. The summed E-state index contributed by atoms with van der Waals surface area (Å²) >= 11 is 1.57. The first-order valence-corrected chi connectivity index (χ1v) is 7.61. The van der Waals surface area contributed by atoms with Crippen LogP contribution in [0.4, 0.5) is 5.13 Å². The number of nitrogens with zero attached hydrogens (tertiary/aromatic N) is 2. The molecule has 2 N–H and O–H groups in total. The Balaban J connectivity index is 2.23. The SMILES string of the molecule is CN[14c]1nc2c(Cc3cccnc3)c(C)c(O)c(C)c2s1. The van der Waals surface area contributed by atoms with Gasteiger partial charge in [0.15, 0.2) is 5.13 Å². The van der Waals surface area contributed by atoms with Gasteiger partial charge in [0.05, 0.1) is 10.2 Å². The van der Waals surface area contributed by atoms with E-state index in [1.54, 1.807) is 17.5 Å². The molecule has 0 saturated carbocycles. The number of aromatic hydroxyl groups is 1. The van der Waals surface area contributed by atoms with Crippen LogP contribution in [0.25, 0.3) is 10.2 Å². The van der Waals surface area contributed by atoms with Gasteiger partial charge in [-0.3, -0.25) is 4.98 Å². The number of rotatable bonds is 3. The van der Waals surface area contributed by atoms with Crippen molar-refractivity contribution >= 4 is 26.7 Å². The van der Waals surface area contributed by atoms with Gasteiger partial charge < -0.3 is 10.4 Å². The van der Waals surface area contributed by atoms with Crippen LogP contribution in [0.15, 0.2) is 24.5 Å². The van der Waals surface area contributed by atoms with E-state index in [0.717, 1.165) is 44.0 Å². The van der Waals surface area contributed by atoms with E-state index >= 15 is 0 Å². The highest BCUT2D eigenvalue weighted by Gasteiger charge is 2.18. The maximum absolute atomic E-state index is 10.4. The van der Waals surface area contributed by atoms with Crippen molar-refractivity contribution in [1.29, 1.82) is 0 Å². The molecule has 0 bridgehead atoms. The molecule has 0 saturated heterocycles. The number of phenolic OH excluding ortho intramolecular Hbond substituents is 1. The van der Waals surface area contributed by atoms with Crippen LogP contribution >= 0.6 is 11.3 Å². The van der Waals surface area contributed by atoms with Crippen LogP contribution in [0.5, 0.6) is 5.75 Å². The molecule has 0 aliphatic rings. The Morgan fingerprint density at radius 3 is 2.81 bits per heavy atom. The standard InChI is InChI=1S/C16H17N3OS/c1-9-12(7-11-5-4-6-18-8-11)13-15(10(2)14(9)20)21-16(17-3)19-13/h4-6,8,20H,7H2,1-3H3,(H,17,19)/i16+2. The third-order valence-electron chi connectivity index (χ3n) is 3.73. The van der Waals surface area contributed by atoms with E-state index in [4.69, 9.17) is 0 Å². The Bertz CT molecular complexity index is 796. The predicted octanol–water partition coefficient (Wildman–Crippen LogP) is 3.65. The number of benzene rings is 1. The number of thiazole rings is 1. The van der Waals surface area contributed by atoms with Gasteiger partial charge >= 0.3 is 0 Å². The first kappa shape index (κ1) is 13.8. The molecule has 0 radical (unpaired) electrons. The number of pyridine rings is 1. The topological polar surface area (TPSA) is 58.0 Å². The van der Waals surface area contributed by atoms with E-state index in [-0.39, 0.29) is 0 Å². The second-order valence-corrected chi connectivity index (χ2v) is 6.06. The zero-order valence-electron chi connectivity index (χ0n) is 12.3. The van der Waals surface area contributed by atoms with Crippen LogP contribution in [0.1, 0.15) is 22.3 Å². The fourth-order valence-corrected chi connectivity index (χ4v) is 3.47. The molecule has 0 aliphatic carbocycles. The number of hydrogen-bond donors (Lipinski definition) is 2. The van der Waals surface area contributed by atoms with Crippen molar-refractivity contribution in [2.45, 2.75) is 20.3 Å². The largest absolute Gasteiger partial charge is 0.507 e. The second kappa shape index (κ2) is 5.33. The minimum absolute atomic E-state index is 0.368. The summed E-state index contributed by atoms with van der Waals surface area (Å²) < 4.78 is 1.04. The lowest BCUT2D eigenvalue weighted by Gasteiger charge is -2.11. The number of aromatic nitrogens is 2. The van der Waals surface area contributed by atoms with Crippen LogP contribution in [0.3, 0.4) is 0 Å². The average molecular weight is 301 g/mol. The maximum atomic E-state index is 10.4. The smallest absolute Gasteiger partial charge is 0.183 e. The molecule has 0 unspecified atom stereocenters. The predicted molar refractivity (Wildman–Crippen MR) is 87.3 cm³/mol. The van der Waals surface area contributed by atoms with Gasteiger partial charge in [0.25, 0.3) is 0 Å². The van der Waals surface area contributed by atoms with Crippen molar-refractivity contribution in [3.63, 3.8) is 0 Å². The maximum Gasteiger partial charge on any atom is 0.183 e. The zero-order valence-corrected chi connectivity index (χ0v) is 13.1. The van der Waals surface area contributed by atoms with Gasteiger partial charge in [-0.2, -0.15) is 0 Å². The van der Waals surface area contributed by atoms with Crippen molar-refractivity contribution in [1.82, 2.24) is 9.97 Å². The van der Waals surface area contributed by atoms with E-state index in [2.05, 4.69) is 15.3 Å².